The molecule has 0 radical (unpaired) electrons. The molecule has 0 aliphatic carbocycles. The van der Waals surface area contributed by atoms with E-state index in [1.165, 1.54) is 13.0 Å². The first-order valence-corrected chi connectivity index (χ1v) is 6.21. The second-order valence-corrected chi connectivity index (χ2v) is 4.80. The predicted octanol–water partition coefficient (Wildman–Crippen LogP) is 2.60. The number of rotatable bonds is 4. The van der Waals surface area contributed by atoms with Crippen LogP contribution in [0, 0.1) is 13.8 Å². The maximum Gasteiger partial charge on any atom is 0.352 e. The largest absolute Gasteiger partial charge is 0.477 e. The van der Waals surface area contributed by atoms with Crippen molar-refractivity contribution in [2.45, 2.75) is 33.7 Å². The smallest absolute Gasteiger partial charge is 0.352 e. The Morgan fingerprint density at radius 2 is 2.05 bits per heavy atom. The molecule has 106 valence electrons. The van der Waals surface area contributed by atoms with Gasteiger partial charge in [-0.1, -0.05) is 5.16 Å². The SMILES string of the molecule is CC(=O)c1cc(C(=O)O)n(C(C)c2c(C)noc2C)c1. The number of hydrogen-bond acceptors (Lipinski definition) is 4. The molecule has 0 aliphatic heterocycles. The predicted molar refractivity (Wildman–Crippen MR) is 71.2 cm³/mol. The first kappa shape index (κ1) is 14.0. The molecule has 20 heavy (non-hydrogen) atoms. The molecule has 0 bridgehead atoms. The monoisotopic (exact) mass is 276 g/mol. The first-order chi connectivity index (χ1) is 9.32. The number of hydrogen-bond donors (Lipinski definition) is 1. The molecule has 2 aromatic heterocycles. The Morgan fingerprint density at radius 3 is 2.50 bits per heavy atom. The number of carbonyl (C=O) groups is 2. The van der Waals surface area contributed by atoms with E-state index in [1.807, 2.05) is 6.92 Å². The molecule has 2 aromatic rings. The van der Waals surface area contributed by atoms with Gasteiger partial charge in [-0.3, -0.25) is 4.79 Å². The second-order valence-electron chi connectivity index (χ2n) is 4.80. The van der Waals surface area contributed by atoms with E-state index < -0.39 is 5.97 Å². The van der Waals surface area contributed by atoms with Crippen molar-refractivity contribution in [3.05, 3.63) is 40.5 Å². The van der Waals surface area contributed by atoms with Crippen molar-refractivity contribution in [1.29, 1.82) is 0 Å². The minimum atomic E-state index is -1.07. The van der Waals surface area contributed by atoms with Crippen LogP contribution in [0.25, 0.3) is 0 Å². The maximum absolute atomic E-state index is 11.4. The van der Waals surface area contributed by atoms with Crippen molar-refractivity contribution >= 4 is 11.8 Å². The minimum Gasteiger partial charge on any atom is -0.477 e. The van der Waals surface area contributed by atoms with Crippen LogP contribution in [0.5, 0.6) is 0 Å². The Kier molecular flexibility index (Phi) is 3.48. The van der Waals surface area contributed by atoms with E-state index in [4.69, 9.17) is 4.52 Å². The summed E-state index contributed by atoms with van der Waals surface area (Å²) >= 11 is 0. The van der Waals surface area contributed by atoms with Crippen LogP contribution in [-0.2, 0) is 0 Å². The molecule has 0 aromatic carbocycles. The molecule has 0 fully saturated rings. The topological polar surface area (TPSA) is 85.3 Å². The molecule has 0 spiro atoms. The van der Waals surface area contributed by atoms with Gasteiger partial charge in [0, 0.05) is 17.3 Å². The number of carboxylic acid groups (broad SMARTS) is 1. The third kappa shape index (κ3) is 2.24. The lowest BCUT2D eigenvalue weighted by Crippen LogP contribution is -2.14. The van der Waals surface area contributed by atoms with Gasteiger partial charge in [-0.2, -0.15) is 0 Å². The van der Waals surface area contributed by atoms with Crippen LogP contribution >= 0.6 is 0 Å². The molecule has 0 saturated heterocycles. The number of aromatic carboxylic acids is 1. The van der Waals surface area contributed by atoms with Crippen molar-refractivity contribution in [3.8, 4) is 0 Å². The van der Waals surface area contributed by atoms with Crippen molar-refractivity contribution in [3.63, 3.8) is 0 Å². The first-order valence-electron chi connectivity index (χ1n) is 6.21. The Labute approximate surface area is 116 Å². The molecule has 1 unspecified atom stereocenters. The van der Waals surface area contributed by atoms with Gasteiger partial charge in [0.05, 0.1) is 11.7 Å². The maximum atomic E-state index is 11.4. The van der Waals surface area contributed by atoms with Gasteiger partial charge in [-0.25, -0.2) is 4.79 Å². The van der Waals surface area contributed by atoms with Crippen molar-refractivity contribution in [1.82, 2.24) is 9.72 Å². The average molecular weight is 276 g/mol. The van der Waals surface area contributed by atoms with Crippen molar-refractivity contribution < 1.29 is 19.2 Å². The second kappa shape index (κ2) is 4.96. The van der Waals surface area contributed by atoms with E-state index >= 15 is 0 Å². The Morgan fingerprint density at radius 1 is 1.40 bits per heavy atom. The molecular formula is C14H16N2O4. The standard InChI is InChI=1S/C14H16N2O4/c1-7-13(10(4)20-15-7)8(2)16-6-11(9(3)17)5-12(16)14(18)19/h5-6,8H,1-4H3,(H,18,19). The molecule has 6 heteroatoms. The van der Waals surface area contributed by atoms with E-state index in [0.29, 0.717) is 17.0 Å². The fourth-order valence-corrected chi connectivity index (χ4v) is 2.39. The normalized spacial score (nSPS) is 12.4. The lowest BCUT2D eigenvalue weighted by atomic mass is 10.1. The van der Waals surface area contributed by atoms with E-state index in [0.717, 1.165) is 5.56 Å². The summed E-state index contributed by atoms with van der Waals surface area (Å²) in [6, 6.07) is 1.11. The number of nitrogens with zero attached hydrogens (tertiary/aromatic N) is 2. The zero-order valence-corrected chi connectivity index (χ0v) is 11.8. The summed E-state index contributed by atoms with van der Waals surface area (Å²) < 4.78 is 6.68. The molecule has 0 aliphatic rings. The molecule has 0 saturated carbocycles. The number of Topliss-reactive ketones (excluding diaryl/α,β-unsaturated/α-hetero) is 1. The highest BCUT2D eigenvalue weighted by Crippen LogP contribution is 2.27. The Balaban J connectivity index is 2.57. The summed E-state index contributed by atoms with van der Waals surface area (Å²) in [4.78, 5) is 22.8. The third-order valence-corrected chi connectivity index (χ3v) is 3.40. The Hall–Kier alpha value is -2.37. The van der Waals surface area contributed by atoms with Gasteiger partial charge >= 0.3 is 5.97 Å². The third-order valence-electron chi connectivity index (χ3n) is 3.40. The molecule has 2 rings (SSSR count). The van der Waals surface area contributed by atoms with Crippen LogP contribution in [-0.4, -0.2) is 26.6 Å². The van der Waals surface area contributed by atoms with Gasteiger partial charge in [0.25, 0.3) is 0 Å². The van der Waals surface area contributed by atoms with Crippen LogP contribution in [0.1, 0.15) is 57.8 Å². The molecule has 1 atom stereocenters. The van der Waals surface area contributed by atoms with Crippen LogP contribution in [0.3, 0.4) is 0 Å². The van der Waals surface area contributed by atoms with Crippen LogP contribution in [0.2, 0.25) is 0 Å². The Bertz CT molecular complexity index is 662. The summed E-state index contributed by atoms with van der Waals surface area (Å²) in [5, 5.41) is 13.2. The van der Waals surface area contributed by atoms with Gasteiger partial charge in [-0.05, 0) is 33.8 Å². The van der Waals surface area contributed by atoms with Crippen molar-refractivity contribution in [2.75, 3.05) is 0 Å². The van der Waals surface area contributed by atoms with E-state index in [-0.39, 0.29) is 17.5 Å². The molecule has 6 nitrogen and oxygen atoms in total. The fourth-order valence-electron chi connectivity index (χ4n) is 2.39. The van der Waals surface area contributed by atoms with Crippen LogP contribution in [0.4, 0.5) is 0 Å². The summed E-state index contributed by atoms with van der Waals surface area (Å²) in [5.41, 5.74) is 1.99. The van der Waals surface area contributed by atoms with Crippen LogP contribution < -0.4 is 0 Å². The summed E-state index contributed by atoms with van der Waals surface area (Å²) in [5.74, 6) is -0.599. The van der Waals surface area contributed by atoms with Crippen LogP contribution in [0.15, 0.2) is 16.8 Å². The van der Waals surface area contributed by atoms with E-state index in [2.05, 4.69) is 5.16 Å². The number of carbonyl (C=O) groups excluding carboxylic acids is 1. The number of aryl methyl sites for hydroxylation is 2. The summed E-state index contributed by atoms with van der Waals surface area (Å²) in [7, 11) is 0. The van der Waals surface area contributed by atoms with E-state index in [1.54, 1.807) is 24.6 Å². The quantitative estimate of drug-likeness (QED) is 0.867. The summed E-state index contributed by atoms with van der Waals surface area (Å²) in [6.45, 7) is 6.84. The van der Waals surface area contributed by atoms with Gasteiger partial charge in [0.1, 0.15) is 11.5 Å². The zero-order valence-electron chi connectivity index (χ0n) is 11.8. The fraction of sp³-hybridized carbons (Fsp3) is 0.357. The highest BCUT2D eigenvalue weighted by atomic mass is 16.5. The molecular weight excluding hydrogens is 260 g/mol. The highest BCUT2D eigenvalue weighted by Gasteiger charge is 2.23. The summed E-state index contributed by atoms with van der Waals surface area (Å²) in [6.07, 6.45) is 1.56. The van der Waals surface area contributed by atoms with Gasteiger partial charge in [0.15, 0.2) is 5.78 Å². The van der Waals surface area contributed by atoms with E-state index in [9.17, 15) is 14.7 Å². The lowest BCUT2D eigenvalue weighted by Gasteiger charge is -2.15. The van der Waals surface area contributed by atoms with Gasteiger partial charge in [0.2, 0.25) is 0 Å². The van der Waals surface area contributed by atoms with Gasteiger partial charge in [-0.15, -0.1) is 0 Å². The molecule has 1 N–H and O–H groups in total. The van der Waals surface area contributed by atoms with Crippen molar-refractivity contribution in [2.24, 2.45) is 0 Å². The molecule has 0 amide bonds. The lowest BCUT2D eigenvalue weighted by molar-refractivity contribution is 0.0684. The molecule has 2 heterocycles. The average Bonchev–Trinajstić information content (AvgIpc) is 2.93. The number of ketones is 1. The van der Waals surface area contributed by atoms with Gasteiger partial charge < -0.3 is 14.2 Å². The number of aromatic nitrogens is 2. The highest BCUT2D eigenvalue weighted by molar-refractivity contribution is 5.97. The minimum absolute atomic E-state index is 0.0719. The number of carboxylic acids is 1. The zero-order chi connectivity index (χ0) is 15.0.